The number of imidazole rings is 1. The molecule has 1 aliphatic rings. The first kappa shape index (κ1) is 9.65. The van der Waals surface area contributed by atoms with Gasteiger partial charge in [0, 0.05) is 25.2 Å². The van der Waals surface area contributed by atoms with Crippen molar-refractivity contribution < 1.29 is 8.78 Å². The zero-order chi connectivity index (χ0) is 11.4. The zero-order valence-electron chi connectivity index (χ0n) is 8.40. The van der Waals surface area contributed by atoms with Gasteiger partial charge in [-0.1, -0.05) is 0 Å². The van der Waals surface area contributed by atoms with Gasteiger partial charge in [-0.2, -0.15) is 0 Å². The van der Waals surface area contributed by atoms with Gasteiger partial charge in [0.15, 0.2) is 5.65 Å². The predicted octanol–water partition coefficient (Wildman–Crippen LogP) is 1.31. The lowest BCUT2D eigenvalue weighted by atomic mass is 9.72. The van der Waals surface area contributed by atoms with Crippen molar-refractivity contribution in [3.8, 4) is 0 Å². The third-order valence-electron chi connectivity index (χ3n) is 2.98. The molecule has 1 saturated carbocycles. The Kier molecular flexibility index (Phi) is 1.67. The number of nitrogens with two attached hydrogens (primary N) is 1. The number of hydrogen-bond donors (Lipinski definition) is 1. The van der Waals surface area contributed by atoms with Crippen molar-refractivity contribution in [2.45, 2.75) is 24.3 Å². The molecule has 3 rings (SSSR count). The maximum Gasteiger partial charge on any atom is 0.252 e. The fourth-order valence-corrected chi connectivity index (χ4v) is 2.26. The minimum atomic E-state index is -2.65. The molecule has 0 atom stereocenters. The topological polar surface area (TPSA) is 56.2 Å². The Morgan fingerprint density at radius 1 is 1.31 bits per heavy atom. The van der Waals surface area contributed by atoms with Crippen molar-refractivity contribution in [2.24, 2.45) is 5.73 Å². The number of nitrogens with zero attached hydrogens (tertiary/aromatic N) is 3. The van der Waals surface area contributed by atoms with Gasteiger partial charge in [0.1, 0.15) is 0 Å². The van der Waals surface area contributed by atoms with Crippen LogP contribution in [0.15, 0.2) is 24.8 Å². The summed E-state index contributed by atoms with van der Waals surface area (Å²) >= 11 is 0. The van der Waals surface area contributed by atoms with E-state index in [0.29, 0.717) is 11.3 Å². The van der Waals surface area contributed by atoms with Crippen LogP contribution in [0, 0.1) is 0 Å². The molecule has 1 aliphatic carbocycles. The minimum Gasteiger partial charge on any atom is -0.320 e. The van der Waals surface area contributed by atoms with Crippen molar-refractivity contribution in [1.82, 2.24) is 14.4 Å². The van der Waals surface area contributed by atoms with Crippen molar-refractivity contribution >= 4 is 5.65 Å². The van der Waals surface area contributed by atoms with Crippen LogP contribution >= 0.6 is 0 Å². The van der Waals surface area contributed by atoms with E-state index in [0.717, 1.165) is 0 Å². The highest BCUT2D eigenvalue weighted by molar-refractivity contribution is 5.40. The van der Waals surface area contributed by atoms with Gasteiger partial charge in [-0.3, -0.25) is 9.38 Å². The van der Waals surface area contributed by atoms with Gasteiger partial charge in [0.2, 0.25) is 0 Å². The number of halogens is 2. The Hall–Kier alpha value is -1.56. The molecule has 6 heteroatoms. The Bertz CT molecular complexity index is 540. The average Bonchev–Trinajstić information content (AvgIpc) is 2.58. The SMILES string of the molecule is NC1(c2cnc3cnccn23)CC(F)(F)C1. The van der Waals surface area contributed by atoms with Crippen LogP contribution in [0.4, 0.5) is 8.78 Å². The molecular formula is C10H10F2N4. The van der Waals surface area contributed by atoms with Crippen LogP contribution < -0.4 is 5.73 Å². The van der Waals surface area contributed by atoms with E-state index in [2.05, 4.69) is 9.97 Å². The van der Waals surface area contributed by atoms with Crippen LogP contribution in [-0.2, 0) is 5.54 Å². The van der Waals surface area contributed by atoms with E-state index < -0.39 is 11.5 Å². The number of rotatable bonds is 1. The fraction of sp³-hybridized carbons (Fsp3) is 0.400. The third kappa shape index (κ3) is 1.23. The zero-order valence-corrected chi connectivity index (χ0v) is 8.40. The lowest BCUT2D eigenvalue weighted by Crippen LogP contribution is -2.56. The molecule has 0 radical (unpaired) electrons. The van der Waals surface area contributed by atoms with E-state index in [-0.39, 0.29) is 12.8 Å². The van der Waals surface area contributed by atoms with Crippen molar-refractivity contribution in [2.75, 3.05) is 0 Å². The maximum absolute atomic E-state index is 12.9. The summed E-state index contributed by atoms with van der Waals surface area (Å²) < 4.78 is 27.5. The van der Waals surface area contributed by atoms with E-state index in [4.69, 9.17) is 5.73 Å². The van der Waals surface area contributed by atoms with E-state index in [1.165, 1.54) is 0 Å². The normalized spacial score (nSPS) is 21.9. The van der Waals surface area contributed by atoms with E-state index in [1.807, 2.05) is 0 Å². The molecule has 2 N–H and O–H groups in total. The molecule has 0 aromatic carbocycles. The standard InChI is InChI=1S/C10H10F2N4/c11-10(12)5-9(13,6-10)7-3-15-8-4-14-1-2-16(7)8/h1-4H,5-6,13H2. The number of alkyl halides is 2. The molecule has 2 aromatic rings. The summed E-state index contributed by atoms with van der Waals surface area (Å²) in [5, 5.41) is 0. The molecule has 4 nitrogen and oxygen atoms in total. The lowest BCUT2D eigenvalue weighted by Gasteiger charge is -2.44. The van der Waals surface area contributed by atoms with Crippen LogP contribution in [0.1, 0.15) is 18.5 Å². The quantitative estimate of drug-likeness (QED) is 0.794. The van der Waals surface area contributed by atoms with Gasteiger partial charge in [-0.15, -0.1) is 0 Å². The largest absolute Gasteiger partial charge is 0.320 e. The summed E-state index contributed by atoms with van der Waals surface area (Å²) in [6, 6.07) is 0. The molecule has 2 heterocycles. The van der Waals surface area contributed by atoms with Crippen LogP contribution in [0.3, 0.4) is 0 Å². The van der Waals surface area contributed by atoms with Gasteiger partial charge in [-0.05, 0) is 0 Å². The predicted molar refractivity (Wildman–Crippen MR) is 53.0 cm³/mol. The van der Waals surface area contributed by atoms with Gasteiger partial charge in [-0.25, -0.2) is 13.8 Å². The summed E-state index contributed by atoms with van der Waals surface area (Å²) in [5.74, 6) is -2.65. The molecule has 0 bridgehead atoms. The average molecular weight is 224 g/mol. The molecule has 0 spiro atoms. The van der Waals surface area contributed by atoms with E-state index in [1.54, 1.807) is 29.2 Å². The molecule has 0 unspecified atom stereocenters. The number of aromatic nitrogens is 3. The number of fused-ring (bicyclic) bond motifs is 1. The Labute approximate surface area is 90.1 Å². The second-order valence-electron chi connectivity index (χ2n) is 4.31. The molecule has 84 valence electrons. The van der Waals surface area contributed by atoms with Gasteiger partial charge >= 0.3 is 0 Å². The Morgan fingerprint density at radius 3 is 2.75 bits per heavy atom. The van der Waals surface area contributed by atoms with Crippen molar-refractivity contribution in [3.05, 3.63) is 30.5 Å². The van der Waals surface area contributed by atoms with Gasteiger partial charge < -0.3 is 5.73 Å². The molecular weight excluding hydrogens is 214 g/mol. The first-order valence-corrected chi connectivity index (χ1v) is 4.95. The van der Waals surface area contributed by atoms with Crippen molar-refractivity contribution in [3.63, 3.8) is 0 Å². The molecule has 16 heavy (non-hydrogen) atoms. The molecule has 1 fully saturated rings. The molecule has 0 saturated heterocycles. The summed E-state index contributed by atoms with van der Waals surface area (Å²) in [4.78, 5) is 8.00. The second kappa shape index (κ2) is 2.76. The van der Waals surface area contributed by atoms with Gasteiger partial charge in [0.25, 0.3) is 5.92 Å². The van der Waals surface area contributed by atoms with E-state index >= 15 is 0 Å². The summed E-state index contributed by atoms with van der Waals surface area (Å²) in [5.41, 5.74) is 6.22. The van der Waals surface area contributed by atoms with Crippen LogP contribution in [0.5, 0.6) is 0 Å². The molecule has 0 aliphatic heterocycles. The second-order valence-corrected chi connectivity index (χ2v) is 4.31. The highest BCUT2D eigenvalue weighted by Crippen LogP contribution is 2.49. The fourth-order valence-electron chi connectivity index (χ4n) is 2.26. The molecule has 2 aromatic heterocycles. The number of hydrogen-bond acceptors (Lipinski definition) is 3. The maximum atomic E-state index is 12.9. The first-order chi connectivity index (χ1) is 7.50. The van der Waals surface area contributed by atoms with Crippen molar-refractivity contribution in [1.29, 1.82) is 0 Å². The highest BCUT2D eigenvalue weighted by Gasteiger charge is 2.56. The van der Waals surface area contributed by atoms with Crippen LogP contribution in [-0.4, -0.2) is 20.3 Å². The smallest absolute Gasteiger partial charge is 0.252 e. The lowest BCUT2D eigenvalue weighted by molar-refractivity contribution is -0.126. The van der Waals surface area contributed by atoms with Crippen LogP contribution in [0.25, 0.3) is 5.65 Å². The third-order valence-corrected chi connectivity index (χ3v) is 2.98. The summed E-state index contributed by atoms with van der Waals surface area (Å²) in [6.07, 6.45) is 5.74. The van der Waals surface area contributed by atoms with Gasteiger partial charge in [0.05, 0.1) is 23.6 Å². The monoisotopic (exact) mass is 224 g/mol. The minimum absolute atomic E-state index is 0.323. The van der Waals surface area contributed by atoms with Crippen LogP contribution in [0.2, 0.25) is 0 Å². The first-order valence-electron chi connectivity index (χ1n) is 4.95. The Balaban J connectivity index is 2.08. The van der Waals surface area contributed by atoms with E-state index in [9.17, 15) is 8.78 Å². The summed E-state index contributed by atoms with van der Waals surface area (Å²) in [7, 11) is 0. The molecule has 0 amide bonds. The summed E-state index contributed by atoms with van der Waals surface area (Å²) in [6.45, 7) is 0. The highest BCUT2D eigenvalue weighted by atomic mass is 19.3. The Morgan fingerprint density at radius 2 is 2.06 bits per heavy atom.